The van der Waals surface area contributed by atoms with Crippen molar-refractivity contribution in [2.24, 2.45) is 0 Å². The van der Waals surface area contributed by atoms with Gasteiger partial charge in [0.25, 0.3) is 0 Å². The third kappa shape index (κ3) is 2.96. The highest BCUT2D eigenvalue weighted by Gasteiger charge is 2.36. The second-order valence-corrected chi connectivity index (χ2v) is 7.26. The van der Waals surface area contributed by atoms with Crippen molar-refractivity contribution in [1.82, 2.24) is 5.32 Å². The Hall–Kier alpha value is -1.58. The molecule has 22 heavy (non-hydrogen) atoms. The number of hydrogen-bond acceptors (Lipinski definition) is 3. The number of hydrogen-bond donors (Lipinski definition) is 1. The zero-order chi connectivity index (χ0) is 15.6. The average Bonchev–Trinajstić information content (AvgIpc) is 2.55. The molecular formula is C19H21NOS. The minimum absolute atomic E-state index is 0.176. The molecule has 0 fully saturated rings. The van der Waals surface area contributed by atoms with Gasteiger partial charge in [-0.1, -0.05) is 43.3 Å². The minimum Gasteiger partial charge on any atom is -0.300 e. The molecule has 1 N–H and O–H groups in total. The number of fused-ring (bicyclic) bond motifs is 1. The molecule has 1 aliphatic heterocycles. The number of rotatable bonds is 4. The Kier molecular flexibility index (Phi) is 4.37. The van der Waals surface area contributed by atoms with Crippen LogP contribution in [0.4, 0.5) is 0 Å². The standard InChI is InChI=1S/C19H21NOS/c1-3-22-17-10-8-14(9-11-17)18(21)19(2)12-15-6-4-5-7-16(15)13-20-19/h4-11,20H,3,12-13H2,1-2H3. The first-order valence-electron chi connectivity index (χ1n) is 7.72. The quantitative estimate of drug-likeness (QED) is 0.681. The van der Waals surface area contributed by atoms with Crippen molar-refractivity contribution in [3.8, 4) is 0 Å². The van der Waals surface area contributed by atoms with Crippen molar-refractivity contribution in [1.29, 1.82) is 0 Å². The first kappa shape index (κ1) is 15.3. The molecule has 2 aromatic rings. The lowest BCUT2D eigenvalue weighted by Gasteiger charge is -2.35. The van der Waals surface area contributed by atoms with Gasteiger partial charge in [-0.25, -0.2) is 0 Å². The molecule has 3 heteroatoms. The molecule has 2 aromatic carbocycles. The summed E-state index contributed by atoms with van der Waals surface area (Å²) in [7, 11) is 0. The smallest absolute Gasteiger partial charge is 0.182 e. The largest absolute Gasteiger partial charge is 0.300 e. The summed E-state index contributed by atoms with van der Waals surface area (Å²) < 4.78 is 0. The van der Waals surface area contributed by atoms with Crippen LogP contribution in [-0.4, -0.2) is 17.1 Å². The Morgan fingerprint density at radius 2 is 1.82 bits per heavy atom. The van der Waals surface area contributed by atoms with E-state index in [0.717, 1.165) is 24.3 Å². The highest BCUT2D eigenvalue weighted by Crippen LogP contribution is 2.27. The predicted molar refractivity (Wildman–Crippen MR) is 92.6 cm³/mol. The zero-order valence-electron chi connectivity index (χ0n) is 13.1. The summed E-state index contributed by atoms with van der Waals surface area (Å²) in [6, 6.07) is 16.3. The van der Waals surface area contributed by atoms with E-state index in [9.17, 15) is 4.79 Å². The zero-order valence-corrected chi connectivity index (χ0v) is 13.9. The summed E-state index contributed by atoms with van der Waals surface area (Å²) in [4.78, 5) is 14.1. The first-order chi connectivity index (χ1) is 10.6. The van der Waals surface area contributed by atoms with Gasteiger partial charge in [-0.15, -0.1) is 11.8 Å². The molecule has 0 saturated heterocycles. The summed E-state index contributed by atoms with van der Waals surface area (Å²) >= 11 is 1.79. The fraction of sp³-hybridized carbons (Fsp3) is 0.316. The Morgan fingerprint density at radius 3 is 2.50 bits per heavy atom. The van der Waals surface area contributed by atoms with Gasteiger partial charge in [-0.3, -0.25) is 4.79 Å². The van der Waals surface area contributed by atoms with Gasteiger partial charge < -0.3 is 5.32 Å². The molecular weight excluding hydrogens is 290 g/mol. The van der Waals surface area contributed by atoms with Crippen molar-refractivity contribution >= 4 is 17.5 Å². The van der Waals surface area contributed by atoms with Crippen LogP contribution in [0.5, 0.6) is 0 Å². The molecule has 1 heterocycles. The van der Waals surface area contributed by atoms with Crippen LogP contribution >= 0.6 is 11.8 Å². The van der Waals surface area contributed by atoms with E-state index >= 15 is 0 Å². The van der Waals surface area contributed by atoms with E-state index in [0.29, 0.717) is 0 Å². The number of carbonyl (C=O) groups excluding carboxylic acids is 1. The number of benzene rings is 2. The monoisotopic (exact) mass is 311 g/mol. The Bertz CT molecular complexity index is 680. The van der Waals surface area contributed by atoms with E-state index in [-0.39, 0.29) is 5.78 Å². The van der Waals surface area contributed by atoms with E-state index in [2.05, 4.69) is 30.4 Å². The highest BCUT2D eigenvalue weighted by atomic mass is 32.2. The van der Waals surface area contributed by atoms with Gasteiger partial charge in [0, 0.05) is 17.0 Å². The Balaban J connectivity index is 1.82. The van der Waals surface area contributed by atoms with Crippen LogP contribution in [0.3, 0.4) is 0 Å². The molecule has 3 rings (SSSR count). The summed E-state index contributed by atoms with van der Waals surface area (Å²) in [5.74, 6) is 1.22. The van der Waals surface area contributed by atoms with Crippen molar-refractivity contribution in [3.05, 3.63) is 65.2 Å². The van der Waals surface area contributed by atoms with Crippen molar-refractivity contribution in [2.45, 2.75) is 37.2 Å². The lowest BCUT2D eigenvalue weighted by Crippen LogP contribution is -2.53. The third-order valence-electron chi connectivity index (χ3n) is 4.26. The maximum atomic E-state index is 12.9. The highest BCUT2D eigenvalue weighted by molar-refractivity contribution is 7.99. The molecule has 1 atom stereocenters. The van der Waals surface area contributed by atoms with Crippen LogP contribution in [0.25, 0.3) is 0 Å². The molecule has 0 bridgehead atoms. The maximum absolute atomic E-state index is 12.9. The molecule has 0 amide bonds. The van der Waals surface area contributed by atoms with E-state index in [4.69, 9.17) is 0 Å². The van der Waals surface area contributed by atoms with Crippen molar-refractivity contribution in [3.63, 3.8) is 0 Å². The number of carbonyl (C=O) groups is 1. The first-order valence-corrected chi connectivity index (χ1v) is 8.70. The van der Waals surface area contributed by atoms with E-state index in [1.807, 2.05) is 37.3 Å². The molecule has 0 spiro atoms. The van der Waals surface area contributed by atoms with Gasteiger partial charge in [-0.2, -0.15) is 0 Å². The van der Waals surface area contributed by atoms with E-state index in [1.165, 1.54) is 16.0 Å². The minimum atomic E-state index is -0.520. The topological polar surface area (TPSA) is 29.1 Å². The van der Waals surface area contributed by atoms with Gasteiger partial charge in [-0.05, 0) is 42.4 Å². The van der Waals surface area contributed by atoms with Crippen LogP contribution in [-0.2, 0) is 13.0 Å². The summed E-state index contributed by atoms with van der Waals surface area (Å²) in [6.45, 7) is 4.90. The van der Waals surface area contributed by atoms with Gasteiger partial charge in [0.1, 0.15) is 0 Å². The number of thioether (sulfide) groups is 1. The van der Waals surface area contributed by atoms with Crippen molar-refractivity contribution < 1.29 is 4.79 Å². The van der Waals surface area contributed by atoms with Crippen LogP contribution in [0.2, 0.25) is 0 Å². The van der Waals surface area contributed by atoms with Crippen LogP contribution in [0.15, 0.2) is 53.4 Å². The van der Waals surface area contributed by atoms with Crippen LogP contribution in [0, 0.1) is 0 Å². The molecule has 1 aliphatic rings. The summed E-state index contributed by atoms with van der Waals surface area (Å²) in [5, 5.41) is 3.43. The Morgan fingerprint density at radius 1 is 1.14 bits per heavy atom. The van der Waals surface area contributed by atoms with Gasteiger partial charge >= 0.3 is 0 Å². The Labute approximate surface area is 136 Å². The van der Waals surface area contributed by atoms with Gasteiger partial charge in [0.2, 0.25) is 0 Å². The average molecular weight is 311 g/mol. The molecule has 0 aliphatic carbocycles. The van der Waals surface area contributed by atoms with Gasteiger partial charge in [0.05, 0.1) is 5.54 Å². The summed E-state index contributed by atoms with van der Waals surface area (Å²) in [6.07, 6.45) is 0.744. The lowest BCUT2D eigenvalue weighted by atomic mass is 9.81. The third-order valence-corrected chi connectivity index (χ3v) is 5.15. The molecule has 2 nitrogen and oxygen atoms in total. The predicted octanol–water partition coefficient (Wildman–Crippen LogP) is 4.09. The normalized spacial score (nSPS) is 20.5. The summed E-state index contributed by atoms with van der Waals surface area (Å²) in [5.41, 5.74) is 2.83. The van der Waals surface area contributed by atoms with Gasteiger partial charge in [0.15, 0.2) is 5.78 Å². The second-order valence-electron chi connectivity index (χ2n) is 5.92. The van der Waals surface area contributed by atoms with E-state index in [1.54, 1.807) is 11.8 Å². The number of ketones is 1. The van der Waals surface area contributed by atoms with Crippen LogP contribution < -0.4 is 5.32 Å². The van der Waals surface area contributed by atoms with Crippen LogP contribution in [0.1, 0.15) is 35.3 Å². The lowest BCUT2D eigenvalue weighted by molar-refractivity contribution is 0.0856. The SMILES string of the molecule is CCSc1ccc(C(=O)C2(C)Cc3ccccc3CN2)cc1. The van der Waals surface area contributed by atoms with E-state index < -0.39 is 5.54 Å². The number of nitrogens with one attached hydrogen (secondary N) is 1. The fourth-order valence-corrected chi connectivity index (χ4v) is 3.65. The maximum Gasteiger partial charge on any atom is 0.182 e. The number of Topliss-reactive ketones (excluding diaryl/α,β-unsaturated/α-hetero) is 1. The molecule has 114 valence electrons. The molecule has 0 radical (unpaired) electrons. The molecule has 0 aromatic heterocycles. The fourth-order valence-electron chi connectivity index (χ4n) is 2.98. The van der Waals surface area contributed by atoms with Crippen molar-refractivity contribution in [2.75, 3.05) is 5.75 Å². The molecule has 0 saturated carbocycles. The second kappa shape index (κ2) is 6.27. The molecule has 1 unspecified atom stereocenters.